The van der Waals surface area contributed by atoms with Gasteiger partial charge in [0.05, 0.1) is 16.6 Å². The molecule has 0 amide bonds. The SMILES string of the molecule is CCc1nc2cnccc2n1Cc1ccc(S(=O)(=O)N(C)[C@@H](CC(C)C)C(=O)O)cc1. The molecule has 2 heterocycles. The number of pyridine rings is 1. The fourth-order valence-electron chi connectivity index (χ4n) is 3.61. The van der Waals surface area contributed by atoms with Crippen LogP contribution in [-0.4, -0.2) is 51.4 Å². The lowest BCUT2D eigenvalue weighted by atomic mass is 10.0. The maximum absolute atomic E-state index is 13.0. The predicted molar refractivity (Wildman–Crippen MR) is 118 cm³/mol. The highest BCUT2D eigenvalue weighted by Crippen LogP contribution is 2.22. The van der Waals surface area contributed by atoms with Gasteiger partial charge in [0, 0.05) is 26.2 Å². The topological polar surface area (TPSA) is 105 Å². The van der Waals surface area contributed by atoms with Crippen LogP contribution < -0.4 is 0 Å². The summed E-state index contributed by atoms with van der Waals surface area (Å²) in [5.74, 6) is -0.170. The Labute approximate surface area is 182 Å². The number of aryl methyl sites for hydroxylation is 1. The van der Waals surface area contributed by atoms with E-state index >= 15 is 0 Å². The number of benzene rings is 1. The Bertz CT molecular complexity index is 1170. The summed E-state index contributed by atoms with van der Waals surface area (Å²) in [6.45, 7) is 6.31. The lowest BCUT2D eigenvalue weighted by molar-refractivity contribution is -0.141. The molecule has 31 heavy (non-hydrogen) atoms. The number of nitrogens with zero attached hydrogens (tertiary/aromatic N) is 4. The zero-order valence-electron chi connectivity index (χ0n) is 18.2. The quantitative estimate of drug-likeness (QED) is 0.543. The first-order valence-corrected chi connectivity index (χ1v) is 11.7. The number of rotatable bonds is 9. The number of sulfonamides is 1. The zero-order chi connectivity index (χ0) is 22.8. The molecule has 166 valence electrons. The van der Waals surface area contributed by atoms with E-state index < -0.39 is 22.0 Å². The third-order valence-electron chi connectivity index (χ3n) is 5.31. The van der Waals surface area contributed by atoms with E-state index in [0.717, 1.165) is 33.1 Å². The van der Waals surface area contributed by atoms with Crippen molar-refractivity contribution in [3.8, 4) is 0 Å². The van der Waals surface area contributed by atoms with Crippen molar-refractivity contribution >= 4 is 27.0 Å². The molecule has 8 nitrogen and oxygen atoms in total. The van der Waals surface area contributed by atoms with Crippen LogP contribution in [0.4, 0.5) is 0 Å². The molecule has 1 N–H and O–H groups in total. The second-order valence-electron chi connectivity index (χ2n) is 7.98. The van der Waals surface area contributed by atoms with Gasteiger partial charge in [-0.1, -0.05) is 32.9 Å². The minimum atomic E-state index is -3.93. The molecule has 1 aromatic carbocycles. The third-order valence-corrected chi connectivity index (χ3v) is 7.19. The van der Waals surface area contributed by atoms with Crippen molar-refractivity contribution in [2.45, 2.75) is 51.1 Å². The molecule has 0 radical (unpaired) electrons. The lowest BCUT2D eigenvalue weighted by Gasteiger charge is -2.25. The number of hydrogen-bond donors (Lipinski definition) is 1. The monoisotopic (exact) mass is 444 g/mol. The number of fused-ring (bicyclic) bond motifs is 1. The van der Waals surface area contributed by atoms with Crippen LogP contribution in [0.5, 0.6) is 0 Å². The maximum Gasteiger partial charge on any atom is 0.322 e. The van der Waals surface area contributed by atoms with Crippen LogP contribution >= 0.6 is 0 Å². The van der Waals surface area contributed by atoms with Crippen LogP contribution in [0.15, 0.2) is 47.6 Å². The summed E-state index contributed by atoms with van der Waals surface area (Å²) < 4.78 is 29.1. The van der Waals surface area contributed by atoms with E-state index in [1.807, 2.05) is 26.8 Å². The smallest absolute Gasteiger partial charge is 0.322 e. The fourth-order valence-corrected chi connectivity index (χ4v) is 4.94. The van der Waals surface area contributed by atoms with Crippen molar-refractivity contribution in [2.24, 2.45) is 5.92 Å². The van der Waals surface area contributed by atoms with Crippen molar-refractivity contribution in [2.75, 3.05) is 7.05 Å². The van der Waals surface area contributed by atoms with Crippen LogP contribution in [-0.2, 0) is 27.8 Å². The molecule has 0 saturated heterocycles. The molecule has 0 aliphatic rings. The summed E-state index contributed by atoms with van der Waals surface area (Å²) in [5.41, 5.74) is 2.72. The summed E-state index contributed by atoms with van der Waals surface area (Å²) in [6, 6.07) is 7.37. The van der Waals surface area contributed by atoms with Crippen LogP contribution in [0.1, 0.15) is 38.6 Å². The molecule has 0 saturated carbocycles. The molecule has 0 bridgehead atoms. The largest absolute Gasteiger partial charge is 0.480 e. The first kappa shape index (κ1) is 22.9. The van der Waals surface area contributed by atoms with Crippen molar-refractivity contribution < 1.29 is 18.3 Å². The maximum atomic E-state index is 13.0. The normalized spacial score (nSPS) is 13.2. The van der Waals surface area contributed by atoms with Crippen molar-refractivity contribution in [1.29, 1.82) is 0 Å². The van der Waals surface area contributed by atoms with E-state index in [1.54, 1.807) is 24.5 Å². The lowest BCUT2D eigenvalue weighted by Crippen LogP contribution is -2.43. The van der Waals surface area contributed by atoms with Crippen LogP contribution in [0.25, 0.3) is 11.0 Å². The summed E-state index contributed by atoms with van der Waals surface area (Å²) >= 11 is 0. The van der Waals surface area contributed by atoms with E-state index in [4.69, 9.17) is 0 Å². The first-order chi connectivity index (χ1) is 14.6. The molecule has 9 heteroatoms. The molecular formula is C22H28N4O4S. The number of carboxylic acids is 1. The summed E-state index contributed by atoms with van der Waals surface area (Å²) in [7, 11) is -2.61. The van der Waals surface area contributed by atoms with Crippen molar-refractivity contribution in [3.05, 3.63) is 54.1 Å². The van der Waals surface area contributed by atoms with Crippen LogP contribution in [0.2, 0.25) is 0 Å². The van der Waals surface area contributed by atoms with Gasteiger partial charge in [0.25, 0.3) is 0 Å². The molecule has 0 spiro atoms. The molecule has 0 fully saturated rings. The van der Waals surface area contributed by atoms with Gasteiger partial charge < -0.3 is 9.67 Å². The first-order valence-electron chi connectivity index (χ1n) is 10.2. The van der Waals surface area contributed by atoms with E-state index in [2.05, 4.69) is 14.5 Å². The van der Waals surface area contributed by atoms with Gasteiger partial charge in [0.15, 0.2) is 0 Å². The Morgan fingerprint density at radius 1 is 1.19 bits per heavy atom. The molecular weight excluding hydrogens is 416 g/mol. The van der Waals surface area contributed by atoms with E-state index in [-0.39, 0.29) is 17.2 Å². The van der Waals surface area contributed by atoms with Gasteiger partial charge >= 0.3 is 5.97 Å². The van der Waals surface area contributed by atoms with E-state index in [1.165, 1.54) is 19.2 Å². The number of imidazole rings is 1. The second kappa shape index (κ2) is 9.15. The van der Waals surface area contributed by atoms with Gasteiger partial charge in [-0.15, -0.1) is 0 Å². The number of carboxylic acid groups (broad SMARTS) is 1. The van der Waals surface area contributed by atoms with Gasteiger partial charge in [0.1, 0.15) is 17.4 Å². The standard InChI is InChI=1S/C22H28N4O4S/c1-5-21-24-18-13-23-11-10-19(18)26(21)14-16-6-8-17(9-7-16)31(29,30)25(4)20(22(27)28)12-15(2)3/h6-11,13,15,20H,5,12,14H2,1-4H3,(H,27,28)/t20-/m0/s1. The van der Waals surface area contributed by atoms with Crippen molar-refractivity contribution in [1.82, 2.24) is 18.8 Å². The van der Waals surface area contributed by atoms with E-state index in [0.29, 0.717) is 6.54 Å². The third kappa shape index (κ3) is 4.77. The molecule has 0 unspecified atom stereocenters. The minimum Gasteiger partial charge on any atom is -0.480 e. The average Bonchev–Trinajstić information content (AvgIpc) is 3.09. The molecule has 3 rings (SSSR count). The van der Waals surface area contributed by atoms with Crippen molar-refractivity contribution in [3.63, 3.8) is 0 Å². The number of aliphatic carboxylic acids is 1. The summed E-state index contributed by atoms with van der Waals surface area (Å²) in [6.07, 6.45) is 4.46. The van der Waals surface area contributed by atoms with Gasteiger partial charge in [-0.3, -0.25) is 9.78 Å². The average molecular weight is 445 g/mol. The molecule has 0 aliphatic carbocycles. The Kier molecular flexibility index (Phi) is 6.76. The summed E-state index contributed by atoms with van der Waals surface area (Å²) in [4.78, 5) is 20.4. The second-order valence-corrected chi connectivity index (χ2v) is 9.98. The Morgan fingerprint density at radius 2 is 1.87 bits per heavy atom. The fraction of sp³-hybridized carbons (Fsp3) is 0.409. The van der Waals surface area contributed by atoms with Crippen LogP contribution in [0, 0.1) is 5.92 Å². The van der Waals surface area contributed by atoms with Gasteiger partial charge in [0.2, 0.25) is 10.0 Å². The number of hydrogen-bond acceptors (Lipinski definition) is 5. The highest BCUT2D eigenvalue weighted by atomic mass is 32.2. The van der Waals surface area contributed by atoms with E-state index in [9.17, 15) is 18.3 Å². The molecule has 0 aliphatic heterocycles. The highest BCUT2D eigenvalue weighted by molar-refractivity contribution is 7.89. The molecule has 2 aromatic heterocycles. The Hall–Kier alpha value is -2.78. The Balaban J connectivity index is 1.87. The number of aromatic nitrogens is 3. The van der Waals surface area contributed by atoms with Gasteiger partial charge in [-0.25, -0.2) is 13.4 Å². The molecule has 3 aromatic rings. The number of likely N-dealkylation sites (N-methyl/N-ethyl adjacent to an activating group) is 1. The van der Waals surface area contributed by atoms with Gasteiger partial charge in [-0.2, -0.15) is 4.31 Å². The van der Waals surface area contributed by atoms with Gasteiger partial charge in [-0.05, 0) is 36.1 Å². The minimum absolute atomic E-state index is 0.0501. The summed E-state index contributed by atoms with van der Waals surface area (Å²) in [5, 5.41) is 9.51. The predicted octanol–water partition coefficient (Wildman–Crippen LogP) is 3.16. The Morgan fingerprint density at radius 3 is 2.45 bits per heavy atom. The molecule has 1 atom stereocenters. The van der Waals surface area contributed by atoms with Crippen LogP contribution in [0.3, 0.4) is 0 Å². The zero-order valence-corrected chi connectivity index (χ0v) is 19.0. The number of carbonyl (C=O) groups is 1. The highest BCUT2D eigenvalue weighted by Gasteiger charge is 2.33.